The molecule has 20 heavy (non-hydrogen) atoms. The van der Waals surface area contributed by atoms with Crippen molar-refractivity contribution in [3.8, 4) is 5.75 Å². The van der Waals surface area contributed by atoms with Gasteiger partial charge < -0.3 is 14.7 Å². The van der Waals surface area contributed by atoms with E-state index < -0.39 is 6.10 Å². The van der Waals surface area contributed by atoms with Crippen LogP contribution in [-0.2, 0) is 6.54 Å². The number of aliphatic hydroxyl groups is 1. The van der Waals surface area contributed by atoms with Gasteiger partial charge in [-0.05, 0) is 30.7 Å². The highest BCUT2D eigenvalue weighted by molar-refractivity contribution is 5.54. The number of nitrogens with zero attached hydrogens (tertiary/aromatic N) is 1. The maximum absolute atomic E-state index is 9.84. The molecule has 0 amide bonds. The van der Waals surface area contributed by atoms with Crippen molar-refractivity contribution in [1.82, 2.24) is 0 Å². The first-order chi connectivity index (χ1) is 9.61. The molecule has 1 N–H and O–H groups in total. The summed E-state index contributed by atoms with van der Waals surface area (Å²) < 4.78 is 5.16. The molecule has 0 bridgehead atoms. The largest absolute Gasteiger partial charge is 0.497 e. The van der Waals surface area contributed by atoms with Crippen LogP contribution in [0.2, 0.25) is 0 Å². The van der Waals surface area contributed by atoms with Crippen molar-refractivity contribution in [2.24, 2.45) is 0 Å². The zero-order valence-corrected chi connectivity index (χ0v) is 12.2. The third-order valence-electron chi connectivity index (χ3n) is 3.38. The maximum atomic E-state index is 9.84. The Labute approximate surface area is 120 Å². The fourth-order valence-corrected chi connectivity index (χ4v) is 2.28. The zero-order chi connectivity index (χ0) is 14.5. The number of anilines is 1. The van der Waals surface area contributed by atoms with Gasteiger partial charge in [-0.15, -0.1) is 0 Å². The SMILES string of the molecule is COc1ccc(CN(C)c2ccccc2[C@H](C)O)cc1. The van der Waals surface area contributed by atoms with Gasteiger partial charge in [0.2, 0.25) is 0 Å². The van der Waals surface area contributed by atoms with Crippen molar-refractivity contribution in [1.29, 1.82) is 0 Å². The third-order valence-corrected chi connectivity index (χ3v) is 3.38. The molecule has 0 heterocycles. The smallest absolute Gasteiger partial charge is 0.118 e. The molecular formula is C17H21NO2. The highest BCUT2D eigenvalue weighted by atomic mass is 16.5. The second kappa shape index (κ2) is 6.44. The quantitative estimate of drug-likeness (QED) is 0.905. The number of hydrogen-bond donors (Lipinski definition) is 1. The lowest BCUT2D eigenvalue weighted by atomic mass is 10.1. The van der Waals surface area contributed by atoms with Gasteiger partial charge >= 0.3 is 0 Å². The number of rotatable bonds is 5. The normalized spacial score (nSPS) is 12.0. The van der Waals surface area contributed by atoms with E-state index in [9.17, 15) is 5.11 Å². The van der Waals surface area contributed by atoms with Gasteiger partial charge in [-0.25, -0.2) is 0 Å². The molecule has 0 spiro atoms. The molecule has 1 atom stereocenters. The average molecular weight is 271 g/mol. The van der Waals surface area contributed by atoms with Crippen LogP contribution in [0.4, 0.5) is 5.69 Å². The summed E-state index contributed by atoms with van der Waals surface area (Å²) in [6.07, 6.45) is -0.468. The molecule has 3 heteroatoms. The Kier molecular flexibility index (Phi) is 4.64. The second-order valence-corrected chi connectivity index (χ2v) is 4.94. The summed E-state index contributed by atoms with van der Waals surface area (Å²) in [5, 5.41) is 9.84. The van der Waals surface area contributed by atoms with Crippen molar-refractivity contribution >= 4 is 5.69 Å². The molecule has 0 aliphatic heterocycles. The summed E-state index contributed by atoms with van der Waals surface area (Å²) in [5.41, 5.74) is 3.20. The molecule has 0 aliphatic rings. The second-order valence-electron chi connectivity index (χ2n) is 4.94. The predicted octanol–water partition coefficient (Wildman–Crippen LogP) is 3.38. The molecule has 3 nitrogen and oxygen atoms in total. The van der Waals surface area contributed by atoms with Gasteiger partial charge in [0, 0.05) is 24.8 Å². The minimum atomic E-state index is -0.468. The van der Waals surface area contributed by atoms with Gasteiger partial charge in [0.25, 0.3) is 0 Å². The molecule has 0 aliphatic carbocycles. The monoisotopic (exact) mass is 271 g/mol. The molecule has 2 aromatic carbocycles. The molecule has 0 aromatic heterocycles. The molecule has 0 unspecified atom stereocenters. The summed E-state index contributed by atoms with van der Waals surface area (Å²) in [6, 6.07) is 16.0. The van der Waals surface area contributed by atoms with E-state index in [0.717, 1.165) is 23.5 Å². The van der Waals surface area contributed by atoms with Gasteiger partial charge in [-0.3, -0.25) is 0 Å². The van der Waals surface area contributed by atoms with E-state index in [1.54, 1.807) is 14.0 Å². The summed E-state index contributed by atoms with van der Waals surface area (Å²) in [7, 11) is 3.70. The van der Waals surface area contributed by atoms with Crippen molar-refractivity contribution in [2.45, 2.75) is 19.6 Å². The standard InChI is InChI=1S/C17H21NO2/c1-13(19)16-6-4-5-7-17(16)18(2)12-14-8-10-15(20-3)11-9-14/h4-11,13,19H,12H2,1-3H3/t13-/m0/s1. The maximum Gasteiger partial charge on any atom is 0.118 e. The Morgan fingerprint density at radius 1 is 1.10 bits per heavy atom. The van der Waals surface area contributed by atoms with Crippen molar-refractivity contribution in [3.05, 3.63) is 59.7 Å². The number of benzene rings is 2. The van der Waals surface area contributed by atoms with Crippen LogP contribution in [0.25, 0.3) is 0 Å². The van der Waals surface area contributed by atoms with Gasteiger partial charge in [0.1, 0.15) is 5.75 Å². The summed E-state index contributed by atoms with van der Waals surface area (Å²) in [4.78, 5) is 2.14. The number of aliphatic hydroxyl groups excluding tert-OH is 1. The lowest BCUT2D eigenvalue weighted by molar-refractivity contribution is 0.199. The first-order valence-electron chi connectivity index (χ1n) is 6.73. The lowest BCUT2D eigenvalue weighted by Gasteiger charge is -2.23. The lowest BCUT2D eigenvalue weighted by Crippen LogP contribution is -2.18. The highest BCUT2D eigenvalue weighted by Crippen LogP contribution is 2.26. The number of para-hydroxylation sites is 1. The van der Waals surface area contributed by atoms with E-state index in [1.807, 2.05) is 43.4 Å². The van der Waals surface area contributed by atoms with Crippen molar-refractivity contribution < 1.29 is 9.84 Å². The van der Waals surface area contributed by atoms with Crippen molar-refractivity contribution in [3.63, 3.8) is 0 Å². The molecular weight excluding hydrogens is 250 g/mol. The Balaban J connectivity index is 2.17. The van der Waals surface area contributed by atoms with Gasteiger partial charge in [0.05, 0.1) is 13.2 Å². The Bertz CT molecular complexity index is 549. The Morgan fingerprint density at radius 2 is 1.75 bits per heavy atom. The fraction of sp³-hybridized carbons (Fsp3) is 0.294. The molecule has 106 valence electrons. The van der Waals surface area contributed by atoms with Crippen LogP contribution in [-0.4, -0.2) is 19.3 Å². The molecule has 2 aromatic rings. The minimum Gasteiger partial charge on any atom is -0.497 e. The first-order valence-corrected chi connectivity index (χ1v) is 6.73. The third kappa shape index (κ3) is 3.31. The topological polar surface area (TPSA) is 32.7 Å². The molecule has 0 saturated heterocycles. The van der Waals surface area contributed by atoms with Crippen LogP contribution in [0, 0.1) is 0 Å². The van der Waals surface area contributed by atoms with Crippen LogP contribution in [0.15, 0.2) is 48.5 Å². The van der Waals surface area contributed by atoms with Crippen LogP contribution >= 0.6 is 0 Å². The number of methoxy groups -OCH3 is 1. The molecule has 2 rings (SSSR count). The van der Waals surface area contributed by atoms with Crippen LogP contribution in [0.3, 0.4) is 0 Å². The molecule has 0 fully saturated rings. The average Bonchev–Trinajstić information content (AvgIpc) is 2.48. The number of ether oxygens (including phenoxy) is 1. The van der Waals surface area contributed by atoms with Gasteiger partial charge in [0.15, 0.2) is 0 Å². The van der Waals surface area contributed by atoms with Gasteiger partial charge in [-0.1, -0.05) is 30.3 Å². The number of hydrogen-bond acceptors (Lipinski definition) is 3. The van der Waals surface area contributed by atoms with Gasteiger partial charge in [-0.2, -0.15) is 0 Å². The van der Waals surface area contributed by atoms with E-state index in [1.165, 1.54) is 5.56 Å². The van der Waals surface area contributed by atoms with E-state index in [0.29, 0.717) is 0 Å². The summed E-state index contributed by atoms with van der Waals surface area (Å²) in [5.74, 6) is 0.862. The van der Waals surface area contributed by atoms with E-state index in [4.69, 9.17) is 4.74 Å². The Hall–Kier alpha value is -2.00. The van der Waals surface area contributed by atoms with Crippen LogP contribution in [0.1, 0.15) is 24.2 Å². The zero-order valence-electron chi connectivity index (χ0n) is 12.2. The van der Waals surface area contributed by atoms with Crippen LogP contribution < -0.4 is 9.64 Å². The molecule has 0 radical (unpaired) electrons. The summed E-state index contributed by atoms with van der Waals surface area (Å²) in [6.45, 7) is 2.58. The summed E-state index contributed by atoms with van der Waals surface area (Å²) >= 11 is 0. The van der Waals surface area contributed by atoms with Crippen molar-refractivity contribution in [2.75, 3.05) is 19.1 Å². The Morgan fingerprint density at radius 3 is 2.35 bits per heavy atom. The fourth-order valence-electron chi connectivity index (χ4n) is 2.28. The van der Waals surface area contributed by atoms with E-state index >= 15 is 0 Å². The van der Waals surface area contributed by atoms with Crippen LogP contribution in [0.5, 0.6) is 5.75 Å². The minimum absolute atomic E-state index is 0.468. The molecule has 0 saturated carbocycles. The highest BCUT2D eigenvalue weighted by Gasteiger charge is 2.11. The van der Waals surface area contributed by atoms with E-state index in [-0.39, 0.29) is 0 Å². The first kappa shape index (κ1) is 14.4. The predicted molar refractivity (Wildman–Crippen MR) is 82.2 cm³/mol. The van der Waals surface area contributed by atoms with E-state index in [2.05, 4.69) is 17.0 Å².